The molecular formula is C22H27N3O2S. The van der Waals surface area contributed by atoms with E-state index >= 15 is 0 Å². The van der Waals surface area contributed by atoms with Crippen LogP contribution in [0.4, 0.5) is 5.69 Å². The molecule has 1 N–H and O–H groups in total. The summed E-state index contributed by atoms with van der Waals surface area (Å²) in [5.74, 6) is -0.102. The average Bonchev–Trinajstić information content (AvgIpc) is 3.19. The molecule has 3 rings (SSSR count). The van der Waals surface area contributed by atoms with Crippen molar-refractivity contribution in [3.8, 4) is 0 Å². The van der Waals surface area contributed by atoms with E-state index < -0.39 is 0 Å². The Hall–Kier alpha value is -2.44. The van der Waals surface area contributed by atoms with Crippen LogP contribution >= 0.6 is 11.3 Å². The highest BCUT2D eigenvalue weighted by molar-refractivity contribution is 7.12. The standard InChI is InChI=1S/C22H27N3O2S/c1-15-13-19(16(2)28-15)21(26)7-8-22(27)23-18-5-6-20-17(14-18)9-10-25(20)12-11-24(3)4/h5-6,9-10,13-14H,7-8,11-12H2,1-4H3,(H,23,27). The second-order valence-electron chi connectivity index (χ2n) is 7.38. The van der Waals surface area contributed by atoms with Crippen LogP contribution in [0.15, 0.2) is 36.5 Å². The molecule has 2 aromatic heterocycles. The van der Waals surface area contributed by atoms with E-state index in [0.717, 1.165) is 45.0 Å². The second kappa shape index (κ2) is 8.71. The number of carbonyl (C=O) groups excluding carboxylic acids is 2. The SMILES string of the molecule is Cc1cc(C(=O)CCC(=O)Nc2ccc3c(ccn3CCN(C)C)c2)c(C)s1. The Morgan fingerprint density at radius 1 is 1.11 bits per heavy atom. The summed E-state index contributed by atoms with van der Waals surface area (Å²) in [6.07, 6.45) is 2.49. The molecule has 0 saturated carbocycles. The van der Waals surface area contributed by atoms with Gasteiger partial charge in [0.15, 0.2) is 5.78 Å². The molecule has 0 unspecified atom stereocenters. The molecule has 0 atom stereocenters. The minimum atomic E-state index is -0.135. The topological polar surface area (TPSA) is 54.3 Å². The highest BCUT2D eigenvalue weighted by atomic mass is 32.1. The summed E-state index contributed by atoms with van der Waals surface area (Å²) in [6, 6.07) is 9.90. The average molecular weight is 398 g/mol. The quantitative estimate of drug-likeness (QED) is 0.570. The smallest absolute Gasteiger partial charge is 0.224 e. The fourth-order valence-corrected chi connectivity index (χ4v) is 4.22. The first kappa shape index (κ1) is 20.3. The van der Waals surface area contributed by atoms with E-state index in [1.54, 1.807) is 11.3 Å². The van der Waals surface area contributed by atoms with E-state index in [1.165, 1.54) is 0 Å². The van der Waals surface area contributed by atoms with Crippen molar-refractivity contribution in [1.29, 1.82) is 0 Å². The van der Waals surface area contributed by atoms with Crippen molar-refractivity contribution in [1.82, 2.24) is 9.47 Å². The molecule has 2 heterocycles. The molecule has 0 fully saturated rings. The first-order valence-corrected chi connectivity index (χ1v) is 10.3. The van der Waals surface area contributed by atoms with E-state index in [1.807, 2.05) is 38.1 Å². The number of benzene rings is 1. The first-order chi connectivity index (χ1) is 13.3. The first-order valence-electron chi connectivity index (χ1n) is 9.47. The number of anilines is 1. The van der Waals surface area contributed by atoms with Crippen molar-refractivity contribution in [2.75, 3.05) is 26.0 Å². The predicted molar refractivity (Wildman–Crippen MR) is 116 cm³/mol. The van der Waals surface area contributed by atoms with Crippen LogP contribution < -0.4 is 5.32 Å². The number of Topliss-reactive ketones (excluding diaryl/α,β-unsaturated/α-hetero) is 1. The molecule has 28 heavy (non-hydrogen) atoms. The Morgan fingerprint density at radius 3 is 2.57 bits per heavy atom. The van der Waals surface area contributed by atoms with Crippen molar-refractivity contribution in [2.45, 2.75) is 33.2 Å². The summed E-state index contributed by atoms with van der Waals surface area (Å²) in [7, 11) is 4.12. The molecule has 6 heteroatoms. The Kier molecular flexibility index (Phi) is 6.31. The van der Waals surface area contributed by atoms with Gasteiger partial charge in [-0.3, -0.25) is 9.59 Å². The summed E-state index contributed by atoms with van der Waals surface area (Å²) in [6.45, 7) is 5.83. The number of nitrogens with zero attached hydrogens (tertiary/aromatic N) is 2. The lowest BCUT2D eigenvalue weighted by Gasteiger charge is -2.11. The van der Waals surface area contributed by atoms with Gasteiger partial charge in [-0.2, -0.15) is 0 Å². The normalized spacial score (nSPS) is 11.3. The van der Waals surface area contributed by atoms with Gasteiger partial charge in [-0.25, -0.2) is 0 Å². The molecule has 0 aliphatic carbocycles. The van der Waals surface area contributed by atoms with Gasteiger partial charge in [0.2, 0.25) is 5.91 Å². The number of amides is 1. The number of likely N-dealkylation sites (N-methyl/N-ethyl adjacent to an activating group) is 1. The van der Waals surface area contributed by atoms with Crippen LogP contribution in [0, 0.1) is 13.8 Å². The molecule has 5 nitrogen and oxygen atoms in total. The summed E-state index contributed by atoms with van der Waals surface area (Å²) >= 11 is 1.62. The predicted octanol–water partition coefficient (Wildman–Crippen LogP) is 4.48. The lowest BCUT2D eigenvalue weighted by Crippen LogP contribution is -2.17. The largest absolute Gasteiger partial charge is 0.346 e. The van der Waals surface area contributed by atoms with Crippen LogP contribution in [0.5, 0.6) is 0 Å². The zero-order valence-corrected chi connectivity index (χ0v) is 17.7. The number of nitrogens with one attached hydrogen (secondary N) is 1. The fraction of sp³-hybridized carbons (Fsp3) is 0.364. The van der Waals surface area contributed by atoms with Crippen LogP contribution in [0.2, 0.25) is 0 Å². The van der Waals surface area contributed by atoms with E-state index in [0.29, 0.717) is 0 Å². The monoisotopic (exact) mass is 397 g/mol. The molecule has 148 valence electrons. The minimum absolute atomic E-state index is 0.0328. The molecule has 0 radical (unpaired) electrons. The molecule has 0 spiro atoms. The van der Waals surface area contributed by atoms with Crippen LogP contribution in [0.25, 0.3) is 10.9 Å². The lowest BCUT2D eigenvalue weighted by atomic mass is 10.1. The number of aromatic nitrogens is 1. The van der Waals surface area contributed by atoms with Crippen molar-refractivity contribution < 1.29 is 9.59 Å². The minimum Gasteiger partial charge on any atom is -0.346 e. The number of rotatable bonds is 8. The Balaban J connectivity index is 1.58. The van der Waals surface area contributed by atoms with Crippen molar-refractivity contribution in [3.63, 3.8) is 0 Å². The van der Waals surface area contributed by atoms with Crippen LogP contribution in [0.1, 0.15) is 33.0 Å². The molecule has 0 aliphatic rings. The third kappa shape index (κ3) is 4.88. The van der Waals surface area contributed by atoms with Crippen molar-refractivity contribution >= 4 is 39.6 Å². The number of thiophene rings is 1. The van der Waals surface area contributed by atoms with Crippen LogP contribution in [0.3, 0.4) is 0 Å². The Labute approximate surface area is 170 Å². The number of ketones is 1. The summed E-state index contributed by atoms with van der Waals surface area (Å²) < 4.78 is 2.21. The van der Waals surface area contributed by atoms with Crippen molar-refractivity contribution in [3.05, 3.63) is 51.8 Å². The van der Waals surface area contributed by atoms with Gasteiger partial charge in [-0.1, -0.05) is 0 Å². The van der Waals surface area contributed by atoms with Gasteiger partial charge in [-0.15, -0.1) is 11.3 Å². The van der Waals surface area contributed by atoms with Gasteiger partial charge in [0, 0.05) is 64.0 Å². The summed E-state index contributed by atoms with van der Waals surface area (Å²) in [5, 5.41) is 4.01. The molecule has 1 aromatic carbocycles. The second-order valence-corrected chi connectivity index (χ2v) is 8.84. The highest BCUT2D eigenvalue weighted by Crippen LogP contribution is 2.23. The zero-order chi connectivity index (χ0) is 20.3. The lowest BCUT2D eigenvalue weighted by molar-refractivity contribution is -0.116. The molecule has 0 saturated heterocycles. The number of fused-ring (bicyclic) bond motifs is 1. The maximum atomic E-state index is 12.3. The van der Waals surface area contributed by atoms with Gasteiger partial charge < -0.3 is 14.8 Å². The van der Waals surface area contributed by atoms with Crippen molar-refractivity contribution in [2.24, 2.45) is 0 Å². The van der Waals surface area contributed by atoms with Gasteiger partial charge in [0.1, 0.15) is 0 Å². The van der Waals surface area contributed by atoms with Crippen LogP contribution in [-0.2, 0) is 11.3 Å². The maximum absolute atomic E-state index is 12.3. The van der Waals surface area contributed by atoms with Gasteiger partial charge in [0.25, 0.3) is 0 Å². The maximum Gasteiger partial charge on any atom is 0.224 e. The Bertz CT molecular complexity index is 1000. The molecule has 3 aromatic rings. The highest BCUT2D eigenvalue weighted by Gasteiger charge is 2.14. The van der Waals surface area contributed by atoms with Crippen LogP contribution in [-0.4, -0.2) is 41.8 Å². The fourth-order valence-electron chi connectivity index (χ4n) is 3.27. The van der Waals surface area contributed by atoms with E-state index in [-0.39, 0.29) is 24.5 Å². The van der Waals surface area contributed by atoms with E-state index in [4.69, 9.17) is 0 Å². The van der Waals surface area contributed by atoms with E-state index in [2.05, 4.69) is 41.1 Å². The number of aryl methyl sites for hydroxylation is 2. The van der Waals surface area contributed by atoms with E-state index in [9.17, 15) is 9.59 Å². The summed E-state index contributed by atoms with van der Waals surface area (Å²) in [4.78, 5) is 28.9. The zero-order valence-electron chi connectivity index (χ0n) is 16.9. The molecule has 0 bridgehead atoms. The third-order valence-electron chi connectivity index (χ3n) is 4.76. The number of hydrogen-bond acceptors (Lipinski definition) is 4. The van der Waals surface area contributed by atoms with Gasteiger partial charge in [-0.05, 0) is 58.3 Å². The molecule has 0 aliphatic heterocycles. The number of carbonyl (C=O) groups is 2. The Morgan fingerprint density at radius 2 is 1.89 bits per heavy atom. The van der Waals surface area contributed by atoms with Gasteiger partial charge >= 0.3 is 0 Å². The summed E-state index contributed by atoms with van der Waals surface area (Å²) in [5.41, 5.74) is 2.66. The number of hydrogen-bond donors (Lipinski definition) is 1. The third-order valence-corrected chi connectivity index (χ3v) is 5.73. The van der Waals surface area contributed by atoms with Gasteiger partial charge in [0.05, 0.1) is 0 Å². The molecular weight excluding hydrogens is 370 g/mol. The molecule has 1 amide bonds.